The van der Waals surface area contributed by atoms with Gasteiger partial charge in [0.15, 0.2) is 0 Å². The van der Waals surface area contributed by atoms with E-state index in [1.165, 1.54) is 7.11 Å². The van der Waals surface area contributed by atoms with Crippen LogP contribution in [0, 0.1) is 10.8 Å². The maximum absolute atomic E-state index is 10.7. The van der Waals surface area contributed by atoms with Crippen molar-refractivity contribution in [2.24, 2.45) is 0 Å². The normalized spacial score (nSPS) is 10.5. The predicted octanol–water partition coefficient (Wildman–Crippen LogP) is 0.951. The lowest BCUT2D eigenvalue weighted by molar-refractivity contribution is -0.135. The minimum absolute atomic E-state index is 0.0486. The Bertz CT molecular complexity index is 223. The second kappa shape index (κ2) is 4.62. The van der Waals surface area contributed by atoms with Crippen LogP contribution in [-0.4, -0.2) is 24.5 Å². The van der Waals surface area contributed by atoms with E-state index in [1.807, 2.05) is 0 Å². The maximum atomic E-state index is 10.7. The largest absolute Gasteiger partial charge is 0.465 e. The van der Waals surface area contributed by atoms with Crippen molar-refractivity contribution in [3.63, 3.8) is 0 Å². The van der Waals surface area contributed by atoms with E-state index in [1.54, 1.807) is 0 Å². The molecule has 4 nitrogen and oxygen atoms in total. The Morgan fingerprint density at radius 1 is 1.64 bits per heavy atom. The average Bonchev–Trinajstić information content (AvgIpc) is 1.98. The number of hydrogen-bond acceptors (Lipinski definition) is 4. The summed E-state index contributed by atoms with van der Waals surface area (Å²) in [5.74, 6) is -0.676. The number of nitrogens with one attached hydrogen (secondary N) is 2. The summed E-state index contributed by atoms with van der Waals surface area (Å²) in [6.07, 6.45) is 1.82. The van der Waals surface area contributed by atoms with Crippen molar-refractivity contribution < 1.29 is 9.53 Å². The van der Waals surface area contributed by atoms with Gasteiger partial charge in [-0.15, -0.1) is 0 Å². The standard InChI is InChI=1S/C6H7ClN2O2/c1-11-6(10)4(3-8)2-5(7)9/h2-3,8-9H,1H3/b4-2+,8-3?,9-5?. The lowest BCUT2D eigenvalue weighted by atomic mass is 10.3. The molecule has 0 heterocycles. The monoisotopic (exact) mass is 174 g/mol. The Balaban J connectivity index is 4.52. The molecular formula is C6H7ClN2O2. The van der Waals surface area contributed by atoms with Gasteiger partial charge in [0.2, 0.25) is 0 Å². The molecule has 0 unspecified atom stereocenters. The van der Waals surface area contributed by atoms with E-state index in [-0.39, 0.29) is 10.7 Å². The van der Waals surface area contributed by atoms with Gasteiger partial charge < -0.3 is 10.1 Å². The molecule has 0 saturated heterocycles. The molecule has 0 aliphatic heterocycles. The summed E-state index contributed by atoms with van der Waals surface area (Å²) in [6, 6.07) is 0. The maximum Gasteiger partial charge on any atom is 0.339 e. The quantitative estimate of drug-likeness (QED) is 0.380. The number of carbonyl (C=O) groups is 1. The SMILES string of the molecule is COC(=O)/C(C=N)=C/C(=N)Cl. The average molecular weight is 175 g/mol. The molecule has 0 fully saturated rings. The van der Waals surface area contributed by atoms with E-state index in [0.717, 1.165) is 12.3 Å². The summed E-state index contributed by atoms with van der Waals surface area (Å²) in [7, 11) is 1.19. The van der Waals surface area contributed by atoms with Crippen LogP contribution in [0.5, 0.6) is 0 Å². The van der Waals surface area contributed by atoms with Crippen LogP contribution in [0.3, 0.4) is 0 Å². The Kier molecular flexibility index (Phi) is 4.14. The smallest absolute Gasteiger partial charge is 0.339 e. The number of methoxy groups -OCH3 is 1. The fourth-order valence-corrected chi connectivity index (χ4v) is 0.531. The second-order valence-corrected chi connectivity index (χ2v) is 1.99. The summed E-state index contributed by atoms with van der Waals surface area (Å²) in [5.41, 5.74) is -0.0486. The van der Waals surface area contributed by atoms with Crippen molar-refractivity contribution in [2.45, 2.75) is 0 Å². The van der Waals surface area contributed by atoms with Crippen LogP contribution >= 0.6 is 11.6 Å². The molecule has 0 radical (unpaired) electrons. The minimum atomic E-state index is -0.676. The van der Waals surface area contributed by atoms with Crippen molar-refractivity contribution in [1.82, 2.24) is 0 Å². The van der Waals surface area contributed by atoms with Crippen LogP contribution in [0.1, 0.15) is 0 Å². The van der Waals surface area contributed by atoms with E-state index >= 15 is 0 Å². The number of halogens is 1. The van der Waals surface area contributed by atoms with Gasteiger partial charge in [-0.2, -0.15) is 0 Å². The van der Waals surface area contributed by atoms with Crippen molar-refractivity contribution in [2.75, 3.05) is 7.11 Å². The number of esters is 1. The van der Waals surface area contributed by atoms with Crippen molar-refractivity contribution in [3.05, 3.63) is 11.6 Å². The number of allylic oxidation sites excluding steroid dienone is 1. The zero-order valence-electron chi connectivity index (χ0n) is 5.85. The van der Waals surface area contributed by atoms with Crippen LogP contribution in [-0.2, 0) is 9.53 Å². The fourth-order valence-electron chi connectivity index (χ4n) is 0.414. The summed E-state index contributed by atoms with van der Waals surface area (Å²) >= 11 is 5.15. The minimum Gasteiger partial charge on any atom is -0.465 e. The molecule has 0 aromatic carbocycles. The summed E-state index contributed by atoms with van der Waals surface area (Å²) in [5, 5.41) is 13.2. The van der Waals surface area contributed by atoms with Crippen LogP contribution < -0.4 is 0 Å². The van der Waals surface area contributed by atoms with Gasteiger partial charge in [0.05, 0.1) is 12.7 Å². The molecule has 0 atom stereocenters. The summed E-state index contributed by atoms with van der Waals surface area (Å²) in [4.78, 5) is 10.7. The van der Waals surface area contributed by atoms with Gasteiger partial charge in [0.25, 0.3) is 0 Å². The van der Waals surface area contributed by atoms with Gasteiger partial charge in [-0.3, -0.25) is 5.41 Å². The highest BCUT2D eigenvalue weighted by Crippen LogP contribution is 1.95. The molecule has 0 aromatic heterocycles. The Morgan fingerprint density at radius 2 is 2.18 bits per heavy atom. The number of ether oxygens (including phenoxy) is 1. The third-order valence-corrected chi connectivity index (χ3v) is 0.968. The Morgan fingerprint density at radius 3 is 2.45 bits per heavy atom. The lowest BCUT2D eigenvalue weighted by Gasteiger charge is -1.95. The van der Waals surface area contributed by atoms with E-state index in [2.05, 4.69) is 4.74 Å². The molecule has 0 bridgehead atoms. The first kappa shape index (κ1) is 9.84. The van der Waals surface area contributed by atoms with E-state index < -0.39 is 5.97 Å². The number of rotatable bonds is 3. The molecule has 0 aliphatic carbocycles. The first-order valence-corrected chi connectivity index (χ1v) is 3.04. The van der Waals surface area contributed by atoms with Gasteiger partial charge in [-0.1, -0.05) is 11.6 Å². The van der Waals surface area contributed by atoms with E-state index in [4.69, 9.17) is 22.4 Å². The zero-order chi connectivity index (χ0) is 8.85. The third kappa shape index (κ3) is 3.52. The van der Waals surface area contributed by atoms with Crippen molar-refractivity contribution >= 4 is 29.0 Å². The molecular weight excluding hydrogens is 168 g/mol. The molecule has 0 aromatic rings. The number of carbonyl (C=O) groups excluding carboxylic acids is 1. The zero-order valence-corrected chi connectivity index (χ0v) is 6.61. The van der Waals surface area contributed by atoms with Crippen LogP contribution in [0.2, 0.25) is 0 Å². The van der Waals surface area contributed by atoms with Gasteiger partial charge in [0, 0.05) is 6.21 Å². The predicted molar refractivity (Wildman–Crippen MR) is 42.5 cm³/mol. The summed E-state index contributed by atoms with van der Waals surface area (Å²) in [6.45, 7) is 0. The molecule has 11 heavy (non-hydrogen) atoms. The summed E-state index contributed by atoms with van der Waals surface area (Å²) < 4.78 is 4.29. The van der Waals surface area contributed by atoms with E-state index in [0.29, 0.717) is 0 Å². The Hall–Kier alpha value is -1.16. The van der Waals surface area contributed by atoms with Gasteiger partial charge in [0.1, 0.15) is 5.17 Å². The third-order valence-electron chi connectivity index (χ3n) is 0.859. The van der Waals surface area contributed by atoms with Crippen molar-refractivity contribution in [3.8, 4) is 0 Å². The second-order valence-electron chi connectivity index (χ2n) is 1.58. The van der Waals surface area contributed by atoms with Crippen LogP contribution in [0.4, 0.5) is 0 Å². The number of hydrogen-bond donors (Lipinski definition) is 2. The molecule has 0 aliphatic rings. The molecule has 0 amide bonds. The first-order valence-electron chi connectivity index (χ1n) is 2.66. The topological polar surface area (TPSA) is 74.0 Å². The van der Waals surface area contributed by atoms with Gasteiger partial charge >= 0.3 is 5.97 Å². The molecule has 5 heteroatoms. The lowest BCUT2D eigenvalue weighted by Crippen LogP contribution is -2.06. The van der Waals surface area contributed by atoms with E-state index in [9.17, 15) is 4.79 Å². The van der Waals surface area contributed by atoms with Crippen LogP contribution in [0.25, 0.3) is 0 Å². The molecule has 2 N–H and O–H groups in total. The van der Waals surface area contributed by atoms with Crippen LogP contribution in [0.15, 0.2) is 11.6 Å². The molecule has 0 rings (SSSR count). The molecule has 0 spiro atoms. The molecule has 0 saturated carbocycles. The van der Waals surface area contributed by atoms with Gasteiger partial charge in [-0.05, 0) is 6.08 Å². The van der Waals surface area contributed by atoms with Crippen molar-refractivity contribution in [1.29, 1.82) is 10.8 Å². The highest BCUT2D eigenvalue weighted by atomic mass is 35.5. The fraction of sp³-hybridized carbons (Fsp3) is 0.167. The highest BCUT2D eigenvalue weighted by Gasteiger charge is 2.05. The molecule has 60 valence electrons. The first-order chi connectivity index (χ1) is 5.11. The van der Waals surface area contributed by atoms with Gasteiger partial charge in [-0.25, -0.2) is 4.79 Å². The Labute approximate surface area is 68.8 Å². The highest BCUT2D eigenvalue weighted by molar-refractivity contribution is 6.67.